The number of aromatic amines is 1. The van der Waals surface area contributed by atoms with Gasteiger partial charge in [-0.15, -0.1) is 22.9 Å². The van der Waals surface area contributed by atoms with Crippen LogP contribution >= 0.6 is 22.9 Å². The first-order chi connectivity index (χ1) is 8.08. The molecule has 2 heterocycles. The highest BCUT2D eigenvalue weighted by Gasteiger charge is 2.19. The third-order valence-corrected chi connectivity index (χ3v) is 3.77. The van der Waals surface area contributed by atoms with Crippen molar-refractivity contribution in [3.8, 4) is 0 Å². The lowest BCUT2D eigenvalue weighted by Gasteiger charge is -1.96. The Morgan fingerprint density at radius 3 is 2.88 bits per heavy atom. The molecule has 0 aliphatic carbocycles. The quantitative estimate of drug-likeness (QED) is 0.669. The lowest BCUT2D eigenvalue weighted by atomic mass is 10.2. The molecule has 90 valence electrons. The number of aryl methyl sites for hydroxylation is 1. The maximum absolute atomic E-state index is 11.8. The second-order valence-corrected chi connectivity index (χ2v) is 4.64. The monoisotopic (exact) mass is 272 g/mol. The summed E-state index contributed by atoms with van der Waals surface area (Å²) < 4.78 is 4.65. The molecule has 0 aliphatic rings. The number of H-pyrrole nitrogens is 1. The number of ether oxygens (including phenoxy) is 1. The average molecular weight is 273 g/mol. The summed E-state index contributed by atoms with van der Waals surface area (Å²) >= 11 is 6.75. The summed E-state index contributed by atoms with van der Waals surface area (Å²) in [5, 5.41) is 0.421. The summed E-state index contributed by atoms with van der Waals surface area (Å²) in [6.07, 6.45) is 0. The van der Waals surface area contributed by atoms with Crippen LogP contribution in [0.4, 0.5) is 0 Å². The average Bonchev–Trinajstić information content (AvgIpc) is 2.66. The van der Waals surface area contributed by atoms with Gasteiger partial charge < -0.3 is 9.72 Å². The Labute approximate surface area is 105 Å². The van der Waals surface area contributed by atoms with Crippen LogP contribution in [-0.4, -0.2) is 23.0 Å². The molecule has 0 spiro atoms. The second-order valence-electron chi connectivity index (χ2n) is 3.37. The summed E-state index contributed by atoms with van der Waals surface area (Å²) in [6, 6.07) is 0. The van der Waals surface area contributed by atoms with Gasteiger partial charge in [-0.2, -0.15) is 0 Å². The molecule has 2 rings (SSSR count). The maximum atomic E-state index is 11.8. The summed E-state index contributed by atoms with van der Waals surface area (Å²) in [6.45, 7) is 1.70. The molecule has 2 aromatic heterocycles. The molecule has 0 aliphatic heterocycles. The molecule has 0 saturated heterocycles. The van der Waals surface area contributed by atoms with Gasteiger partial charge >= 0.3 is 5.97 Å². The zero-order chi connectivity index (χ0) is 12.6. The zero-order valence-corrected chi connectivity index (χ0v) is 10.7. The molecule has 0 unspecified atom stereocenters. The van der Waals surface area contributed by atoms with Crippen molar-refractivity contribution in [2.24, 2.45) is 0 Å². The number of thiophene rings is 1. The Bertz CT molecular complexity index is 647. The second kappa shape index (κ2) is 4.46. The maximum Gasteiger partial charge on any atom is 0.348 e. The van der Waals surface area contributed by atoms with Gasteiger partial charge in [0.25, 0.3) is 5.56 Å². The van der Waals surface area contributed by atoms with Crippen molar-refractivity contribution in [3.05, 3.63) is 26.6 Å². The smallest absolute Gasteiger partial charge is 0.348 e. The van der Waals surface area contributed by atoms with E-state index in [1.165, 1.54) is 7.11 Å². The van der Waals surface area contributed by atoms with Crippen LogP contribution < -0.4 is 5.56 Å². The van der Waals surface area contributed by atoms with Gasteiger partial charge in [-0.1, -0.05) is 0 Å². The zero-order valence-electron chi connectivity index (χ0n) is 9.17. The first-order valence-corrected chi connectivity index (χ1v) is 6.10. The van der Waals surface area contributed by atoms with Gasteiger partial charge in [0.15, 0.2) is 0 Å². The number of nitrogens with one attached hydrogen (secondary N) is 1. The summed E-state index contributed by atoms with van der Waals surface area (Å²) in [5.74, 6) is 0.0505. The minimum atomic E-state index is -0.461. The van der Waals surface area contributed by atoms with Crippen LogP contribution in [-0.2, 0) is 10.6 Å². The number of hydrogen-bond acceptors (Lipinski definition) is 5. The SMILES string of the molecule is COC(=O)c1sc2nc(CCl)[nH]c(=O)c2c1C. The molecule has 17 heavy (non-hydrogen) atoms. The molecule has 0 radical (unpaired) electrons. The number of aromatic nitrogens is 2. The number of carbonyl (C=O) groups is 1. The largest absolute Gasteiger partial charge is 0.465 e. The molecule has 7 heteroatoms. The van der Waals surface area contributed by atoms with Crippen LogP contribution in [0.3, 0.4) is 0 Å². The molecule has 0 amide bonds. The van der Waals surface area contributed by atoms with E-state index in [1.54, 1.807) is 6.92 Å². The van der Waals surface area contributed by atoms with E-state index in [0.717, 1.165) is 11.3 Å². The van der Waals surface area contributed by atoms with Crippen LogP contribution in [0.25, 0.3) is 10.2 Å². The number of rotatable bonds is 2. The summed E-state index contributed by atoms with van der Waals surface area (Å²) in [7, 11) is 1.30. The van der Waals surface area contributed by atoms with E-state index in [-0.39, 0.29) is 11.4 Å². The Balaban J connectivity index is 2.78. The van der Waals surface area contributed by atoms with E-state index in [4.69, 9.17) is 11.6 Å². The van der Waals surface area contributed by atoms with E-state index in [2.05, 4.69) is 14.7 Å². The molecule has 0 saturated carbocycles. The van der Waals surface area contributed by atoms with Gasteiger partial charge in [0.1, 0.15) is 15.5 Å². The van der Waals surface area contributed by atoms with Crippen molar-refractivity contribution in [1.82, 2.24) is 9.97 Å². The van der Waals surface area contributed by atoms with Crippen molar-refractivity contribution in [2.75, 3.05) is 7.11 Å². The number of esters is 1. The molecule has 0 aromatic carbocycles. The third-order valence-electron chi connectivity index (χ3n) is 2.35. The van der Waals surface area contributed by atoms with E-state index in [1.807, 2.05) is 0 Å². The van der Waals surface area contributed by atoms with Crippen LogP contribution in [0.1, 0.15) is 21.1 Å². The van der Waals surface area contributed by atoms with Gasteiger partial charge in [0, 0.05) is 0 Å². The van der Waals surface area contributed by atoms with E-state index >= 15 is 0 Å². The summed E-state index contributed by atoms with van der Waals surface area (Å²) in [4.78, 5) is 30.9. The third kappa shape index (κ3) is 1.94. The predicted molar refractivity (Wildman–Crippen MR) is 65.9 cm³/mol. The van der Waals surface area contributed by atoms with E-state index < -0.39 is 5.97 Å². The lowest BCUT2D eigenvalue weighted by molar-refractivity contribution is 0.0605. The topological polar surface area (TPSA) is 72.0 Å². The molecular formula is C10H9ClN2O3S. The fourth-order valence-electron chi connectivity index (χ4n) is 1.54. The van der Waals surface area contributed by atoms with Crippen LogP contribution in [0.15, 0.2) is 4.79 Å². The van der Waals surface area contributed by atoms with Gasteiger partial charge in [-0.3, -0.25) is 4.79 Å². The number of carbonyl (C=O) groups excluding carboxylic acids is 1. The molecule has 2 aromatic rings. The number of halogens is 1. The van der Waals surface area contributed by atoms with Crippen molar-refractivity contribution in [2.45, 2.75) is 12.8 Å². The minimum absolute atomic E-state index is 0.121. The summed E-state index contributed by atoms with van der Waals surface area (Å²) in [5.41, 5.74) is 0.307. The standard InChI is InChI=1S/C10H9ClN2O3S/c1-4-6-8(14)12-5(3-11)13-9(6)17-7(4)10(15)16-2/h3H2,1-2H3,(H,12,13,14). The van der Waals surface area contributed by atoms with Crippen molar-refractivity contribution >= 4 is 39.1 Å². The Kier molecular flexibility index (Phi) is 3.17. The molecular weight excluding hydrogens is 264 g/mol. The fourth-order valence-corrected chi connectivity index (χ4v) is 2.78. The van der Waals surface area contributed by atoms with Crippen molar-refractivity contribution in [1.29, 1.82) is 0 Å². The van der Waals surface area contributed by atoms with Crippen LogP contribution in [0, 0.1) is 6.92 Å². The number of nitrogens with zero attached hydrogens (tertiary/aromatic N) is 1. The van der Waals surface area contributed by atoms with Gasteiger partial charge in [-0.05, 0) is 12.5 Å². The van der Waals surface area contributed by atoms with E-state index in [9.17, 15) is 9.59 Å². The molecule has 1 N–H and O–H groups in total. The van der Waals surface area contributed by atoms with E-state index in [0.29, 0.717) is 26.5 Å². The van der Waals surface area contributed by atoms with Crippen LogP contribution in [0.2, 0.25) is 0 Å². The van der Waals surface area contributed by atoms with Crippen LogP contribution in [0.5, 0.6) is 0 Å². The van der Waals surface area contributed by atoms with Crippen molar-refractivity contribution < 1.29 is 9.53 Å². The number of hydrogen-bond donors (Lipinski definition) is 1. The first kappa shape index (κ1) is 12.1. The predicted octanol–water partition coefficient (Wildman–Crippen LogP) is 1.82. The molecule has 5 nitrogen and oxygen atoms in total. The van der Waals surface area contributed by atoms with Gasteiger partial charge in [0.05, 0.1) is 18.4 Å². The molecule has 0 atom stereocenters. The van der Waals surface area contributed by atoms with Crippen molar-refractivity contribution in [3.63, 3.8) is 0 Å². The highest BCUT2D eigenvalue weighted by atomic mass is 35.5. The molecule has 0 fully saturated rings. The van der Waals surface area contributed by atoms with Gasteiger partial charge in [-0.25, -0.2) is 9.78 Å². The first-order valence-electron chi connectivity index (χ1n) is 4.75. The Hall–Kier alpha value is -1.40. The number of alkyl halides is 1. The highest BCUT2D eigenvalue weighted by molar-refractivity contribution is 7.20. The normalized spacial score (nSPS) is 10.8. The molecule has 0 bridgehead atoms. The highest BCUT2D eigenvalue weighted by Crippen LogP contribution is 2.27. The Morgan fingerprint density at radius 1 is 1.59 bits per heavy atom. The fraction of sp³-hybridized carbons (Fsp3) is 0.300. The lowest BCUT2D eigenvalue weighted by Crippen LogP contribution is -2.10. The van der Waals surface area contributed by atoms with Gasteiger partial charge in [0.2, 0.25) is 0 Å². The number of fused-ring (bicyclic) bond motifs is 1. The minimum Gasteiger partial charge on any atom is -0.465 e. The Morgan fingerprint density at radius 2 is 2.29 bits per heavy atom. The number of methoxy groups -OCH3 is 1.